The Balaban J connectivity index is 2.23. The number of anilines is 1. The number of hydrogen-bond donors (Lipinski definition) is 1. The van der Waals surface area contributed by atoms with Gasteiger partial charge in [0.25, 0.3) is 0 Å². The van der Waals surface area contributed by atoms with Gasteiger partial charge in [-0.25, -0.2) is 8.42 Å². The monoisotopic (exact) mass is 420 g/mol. The van der Waals surface area contributed by atoms with Crippen LogP contribution in [0.1, 0.15) is 36.1 Å². The third-order valence-electron chi connectivity index (χ3n) is 4.57. The first-order chi connectivity index (χ1) is 13.2. The maximum absolute atomic E-state index is 12.7. The molecule has 0 radical (unpaired) electrons. The van der Waals surface area contributed by atoms with Gasteiger partial charge in [0.2, 0.25) is 15.9 Å². The number of benzene rings is 2. The Morgan fingerprint density at radius 2 is 1.89 bits per heavy atom. The summed E-state index contributed by atoms with van der Waals surface area (Å²) >= 11 is 1.52. The third kappa shape index (κ3) is 5.75. The van der Waals surface area contributed by atoms with Crippen molar-refractivity contribution in [3.05, 3.63) is 59.2 Å². The highest BCUT2D eigenvalue weighted by molar-refractivity contribution is 7.98. The fourth-order valence-electron chi connectivity index (χ4n) is 3.15. The summed E-state index contributed by atoms with van der Waals surface area (Å²) in [6, 6.07) is 13.1. The molecule has 0 aromatic heterocycles. The van der Waals surface area contributed by atoms with Crippen LogP contribution in [0.25, 0.3) is 0 Å². The Kier molecular flexibility index (Phi) is 7.55. The zero-order valence-electron chi connectivity index (χ0n) is 17.0. The first-order valence-electron chi connectivity index (χ1n) is 9.14. The van der Waals surface area contributed by atoms with E-state index in [1.165, 1.54) is 17.3 Å². The molecule has 1 unspecified atom stereocenters. The van der Waals surface area contributed by atoms with Gasteiger partial charge in [0.15, 0.2) is 0 Å². The Bertz CT molecular complexity index is 942. The molecule has 7 heteroatoms. The van der Waals surface area contributed by atoms with E-state index in [2.05, 4.69) is 11.4 Å². The van der Waals surface area contributed by atoms with Gasteiger partial charge in [0.05, 0.1) is 18.0 Å². The lowest BCUT2D eigenvalue weighted by atomic mass is 9.97. The summed E-state index contributed by atoms with van der Waals surface area (Å²) in [5, 5.41) is 2.99. The minimum Gasteiger partial charge on any atom is -0.348 e. The lowest BCUT2D eigenvalue weighted by molar-refractivity contribution is -0.120. The van der Waals surface area contributed by atoms with Crippen molar-refractivity contribution in [2.24, 2.45) is 0 Å². The smallest absolute Gasteiger partial charge is 0.241 e. The minimum atomic E-state index is -3.60. The molecule has 2 rings (SSSR count). The molecule has 0 aliphatic carbocycles. The quantitative estimate of drug-likeness (QED) is 0.654. The van der Waals surface area contributed by atoms with Crippen LogP contribution in [0, 0.1) is 13.8 Å². The molecule has 0 aliphatic heterocycles. The summed E-state index contributed by atoms with van der Waals surface area (Å²) in [5.41, 5.74) is 3.82. The van der Waals surface area contributed by atoms with E-state index in [0.717, 1.165) is 33.0 Å². The number of carbonyl (C=O) groups excluding carboxylic acids is 1. The number of nitrogens with zero attached hydrogens (tertiary/aromatic N) is 1. The number of aryl methyl sites for hydroxylation is 2. The van der Waals surface area contributed by atoms with Crippen LogP contribution in [0.5, 0.6) is 0 Å². The lowest BCUT2D eigenvalue weighted by Crippen LogP contribution is -2.41. The van der Waals surface area contributed by atoms with E-state index in [1.807, 2.05) is 45.2 Å². The molecule has 0 heterocycles. The lowest BCUT2D eigenvalue weighted by Gasteiger charge is -2.25. The molecular formula is C21H28N2O3S2. The largest absolute Gasteiger partial charge is 0.348 e. The first-order valence-corrected chi connectivity index (χ1v) is 12.2. The van der Waals surface area contributed by atoms with Crippen molar-refractivity contribution in [3.63, 3.8) is 0 Å². The second-order valence-corrected chi connectivity index (χ2v) is 9.65. The van der Waals surface area contributed by atoms with Crippen LogP contribution in [0.3, 0.4) is 0 Å². The van der Waals surface area contributed by atoms with Crippen LogP contribution in [-0.2, 0) is 14.8 Å². The molecule has 1 amide bonds. The van der Waals surface area contributed by atoms with Crippen LogP contribution in [-0.4, -0.2) is 33.4 Å². The highest BCUT2D eigenvalue weighted by Gasteiger charge is 2.23. The fourth-order valence-corrected chi connectivity index (χ4v) is 4.45. The average Bonchev–Trinajstić information content (AvgIpc) is 2.63. The first kappa shape index (κ1) is 22.3. The molecule has 0 fully saturated rings. The molecule has 2 aromatic carbocycles. The second kappa shape index (κ2) is 9.47. The van der Waals surface area contributed by atoms with E-state index in [1.54, 1.807) is 18.2 Å². The Morgan fingerprint density at radius 3 is 2.46 bits per heavy atom. The summed E-state index contributed by atoms with van der Waals surface area (Å²) in [7, 11) is -3.60. The SMILES string of the molecule is CCC(NC(=O)CN(c1cccc(SC)c1)S(C)(=O)=O)c1ccc(C)cc1C. The summed E-state index contributed by atoms with van der Waals surface area (Å²) in [5.74, 6) is -0.327. The van der Waals surface area contributed by atoms with Gasteiger partial charge in [0.1, 0.15) is 6.54 Å². The number of amides is 1. The number of rotatable bonds is 8. The van der Waals surface area contributed by atoms with Gasteiger partial charge in [-0.1, -0.05) is 36.8 Å². The van der Waals surface area contributed by atoms with Crippen molar-refractivity contribution in [2.75, 3.05) is 23.4 Å². The van der Waals surface area contributed by atoms with E-state index >= 15 is 0 Å². The molecule has 0 saturated carbocycles. The van der Waals surface area contributed by atoms with Gasteiger partial charge in [-0.05, 0) is 55.9 Å². The molecule has 2 aromatic rings. The normalized spacial score (nSPS) is 12.5. The van der Waals surface area contributed by atoms with Gasteiger partial charge in [-0.15, -0.1) is 11.8 Å². The van der Waals surface area contributed by atoms with Crippen LogP contribution >= 0.6 is 11.8 Å². The van der Waals surface area contributed by atoms with Crippen molar-refractivity contribution in [1.29, 1.82) is 0 Å². The average molecular weight is 421 g/mol. The number of thioether (sulfide) groups is 1. The van der Waals surface area contributed by atoms with Crippen molar-refractivity contribution < 1.29 is 13.2 Å². The van der Waals surface area contributed by atoms with Crippen LogP contribution in [0.4, 0.5) is 5.69 Å². The van der Waals surface area contributed by atoms with E-state index < -0.39 is 10.0 Å². The number of sulfonamides is 1. The van der Waals surface area contributed by atoms with Crippen molar-refractivity contribution in [3.8, 4) is 0 Å². The van der Waals surface area contributed by atoms with E-state index in [9.17, 15) is 13.2 Å². The predicted molar refractivity (Wildman–Crippen MR) is 118 cm³/mol. The molecular weight excluding hydrogens is 392 g/mol. The summed E-state index contributed by atoms with van der Waals surface area (Å²) in [6.45, 7) is 5.80. The summed E-state index contributed by atoms with van der Waals surface area (Å²) < 4.78 is 25.8. The maximum Gasteiger partial charge on any atom is 0.241 e. The summed E-state index contributed by atoms with van der Waals surface area (Å²) in [6.07, 6.45) is 3.76. The molecule has 5 nitrogen and oxygen atoms in total. The summed E-state index contributed by atoms with van der Waals surface area (Å²) in [4.78, 5) is 13.7. The van der Waals surface area contributed by atoms with Gasteiger partial charge in [-0.2, -0.15) is 0 Å². The van der Waals surface area contributed by atoms with Gasteiger partial charge in [0, 0.05) is 4.90 Å². The zero-order valence-corrected chi connectivity index (χ0v) is 18.7. The van der Waals surface area contributed by atoms with E-state index in [-0.39, 0.29) is 18.5 Å². The van der Waals surface area contributed by atoms with E-state index in [4.69, 9.17) is 0 Å². The number of nitrogens with one attached hydrogen (secondary N) is 1. The Morgan fingerprint density at radius 1 is 1.18 bits per heavy atom. The fraction of sp³-hybridized carbons (Fsp3) is 0.381. The number of carbonyl (C=O) groups is 1. The molecule has 28 heavy (non-hydrogen) atoms. The van der Waals surface area contributed by atoms with Crippen molar-refractivity contribution in [1.82, 2.24) is 5.32 Å². The minimum absolute atomic E-state index is 0.160. The van der Waals surface area contributed by atoms with Crippen molar-refractivity contribution >= 4 is 33.4 Å². The van der Waals surface area contributed by atoms with Crippen LogP contribution in [0.2, 0.25) is 0 Å². The molecule has 0 bridgehead atoms. The highest BCUT2D eigenvalue weighted by Crippen LogP contribution is 2.25. The molecule has 152 valence electrons. The Labute approximate surface area is 172 Å². The predicted octanol–water partition coefficient (Wildman–Crippen LogP) is 4.06. The molecule has 0 spiro atoms. The van der Waals surface area contributed by atoms with Crippen LogP contribution < -0.4 is 9.62 Å². The molecule has 0 saturated heterocycles. The van der Waals surface area contributed by atoms with Gasteiger partial charge >= 0.3 is 0 Å². The topological polar surface area (TPSA) is 66.5 Å². The molecule has 1 N–H and O–H groups in total. The zero-order chi connectivity index (χ0) is 20.9. The third-order valence-corrected chi connectivity index (χ3v) is 6.44. The standard InChI is InChI=1S/C21H28N2O3S2/c1-6-20(19-11-10-15(2)12-16(19)3)22-21(24)14-23(28(5,25)26)17-8-7-9-18(13-17)27-4/h7-13,20H,6,14H2,1-5H3,(H,22,24). The number of hydrogen-bond acceptors (Lipinski definition) is 4. The Hall–Kier alpha value is -1.99. The molecule has 1 atom stereocenters. The van der Waals surface area contributed by atoms with E-state index in [0.29, 0.717) is 5.69 Å². The van der Waals surface area contributed by atoms with Crippen LogP contribution in [0.15, 0.2) is 47.4 Å². The highest BCUT2D eigenvalue weighted by atomic mass is 32.2. The van der Waals surface area contributed by atoms with Gasteiger partial charge in [-0.3, -0.25) is 9.10 Å². The maximum atomic E-state index is 12.7. The second-order valence-electron chi connectivity index (χ2n) is 6.86. The van der Waals surface area contributed by atoms with Gasteiger partial charge < -0.3 is 5.32 Å². The van der Waals surface area contributed by atoms with Crippen molar-refractivity contribution in [2.45, 2.75) is 38.1 Å². The molecule has 0 aliphatic rings.